The van der Waals surface area contributed by atoms with Crippen LogP contribution in [0.15, 0.2) is 0 Å². The Morgan fingerprint density at radius 2 is 0.667 bits per heavy atom. The molecule has 0 atom stereocenters. The third kappa shape index (κ3) is 4.44. The van der Waals surface area contributed by atoms with Gasteiger partial charge in [0.1, 0.15) is 0 Å². The molecular weight excluding hydrogens is 360 g/mol. The van der Waals surface area contributed by atoms with Crippen molar-refractivity contribution in [2.75, 3.05) is 0 Å². The summed E-state index contributed by atoms with van der Waals surface area (Å²) in [6.45, 7) is 26.6. The molecule has 0 aliphatic rings. The van der Waals surface area contributed by atoms with Crippen LogP contribution in [-0.2, 0) is 0 Å². The number of hydrogen-bond acceptors (Lipinski definition) is 0. The molecule has 0 amide bonds. The predicted molar refractivity (Wildman–Crippen MR) is 87.4 cm³/mol. The summed E-state index contributed by atoms with van der Waals surface area (Å²) >= 11 is 0.350. The first kappa shape index (κ1) is 16.7. The fourth-order valence-corrected chi connectivity index (χ4v) is 131. The maximum absolute atomic E-state index is 2.72. The second kappa shape index (κ2) is 4.73. The topological polar surface area (TPSA) is 0 Å². The second-order valence-electron chi connectivity index (χ2n) is 7.62. The van der Waals surface area contributed by atoms with Gasteiger partial charge in [0, 0.05) is 0 Å². The van der Waals surface area contributed by atoms with E-state index in [0.717, 1.165) is 0 Å². The van der Waals surface area contributed by atoms with E-state index in [1.807, 2.05) is 0 Å². The summed E-state index contributed by atoms with van der Waals surface area (Å²) < 4.78 is 0. The molecule has 0 aromatic rings. The van der Waals surface area contributed by atoms with Crippen LogP contribution in [0, 0.1) is 0 Å². The summed E-state index contributed by atoms with van der Waals surface area (Å²) in [4.78, 5) is 0. The van der Waals surface area contributed by atoms with E-state index < -0.39 is 25.5 Å². The maximum atomic E-state index is 2.72. The van der Waals surface area contributed by atoms with Gasteiger partial charge in [0.25, 0.3) is 0 Å². The molecule has 0 heterocycles. The Labute approximate surface area is 110 Å². The Balaban J connectivity index is 4.89. The van der Waals surface area contributed by atoms with E-state index in [9.17, 15) is 0 Å². The van der Waals surface area contributed by atoms with Crippen LogP contribution >= 0.6 is 0 Å². The summed E-state index contributed by atoms with van der Waals surface area (Å²) in [5, 5.41) is -1.57. The van der Waals surface area contributed by atoms with Gasteiger partial charge in [0.15, 0.2) is 0 Å². The quantitative estimate of drug-likeness (QED) is 0.638. The number of hydrogen-bond donors (Lipinski definition) is 0. The second-order valence-corrected chi connectivity index (χ2v) is 69.4. The molecule has 0 nitrogen and oxygen atoms in total. The molecule has 5 heteroatoms. The molecule has 0 aliphatic carbocycles. The van der Waals surface area contributed by atoms with E-state index in [2.05, 4.69) is 65.5 Å². The van der Waals surface area contributed by atoms with Crippen molar-refractivity contribution in [1.82, 2.24) is 0 Å². The van der Waals surface area contributed by atoms with Gasteiger partial charge >= 0.3 is 110 Å². The normalized spacial score (nSPS) is 15.6. The Kier molecular flexibility index (Phi) is 5.26. The van der Waals surface area contributed by atoms with Crippen molar-refractivity contribution in [2.24, 2.45) is 0 Å². The SMILES string of the molecule is C[Si](C)(C)[Si](C)(C)[Te][Si](C)(C)[Si](C)(C)C. The molecule has 0 bridgehead atoms. The molecular formula is C10H30Si4Te. The van der Waals surface area contributed by atoms with Gasteiger partial charge < -0.3 is 0 Å². The van der Waals surface area contributed by atoms with Crippen LogP contribution in [0.2, 0.25) is 65.5 Å². The third-order valence-corrected chi connectivity index (χ3v) is 107. The van der Waals surface area contributed by atoms with Crippen molar-refractivity contribution in [2.45, 2.75) is 65.5 Å². The van der Waals surface area contributed by atoms with Crippen LogP contribution in [0.1, 0.15) is 0 Å². The van der Waals surface area contributed by atoms with Gasteiger partial charge in [-0.25, -0.2) is 0 Å². The molecule has 0 N–H and O–H groups in total. The van der Waals surface area contributed by atoms with Gasteiger partial charge in [0.05, 0.1) is 0 Å². The molecule has 0 unspecified atom stereocenters. The summed E-state index contributed by atoms with van der Waals surface area (Å²) in [7, 11) is -1.64. The summed E-state index contributed by atoms with van der Waals surface area (Å²) in [5.41, 5.74) is 0. The summed E-state index contributed by atoms with van der Waals surface area (Å²) in [5.74, 6) is 0. The van der Waals surface area contributed by atoms with Gasteiger partial charge in [-0.2, -0.15) is 0 Å². The van der Waals surface area contributed by atoms with Crippen molar-refractivity contribution in [3.63, 3.8) is 0 Å². The molecule has 0 aromatic carbocycles. The zero-order chi connectivity index (χ0) is 12.7. The van der Waals surface area contributed by atoms with Gasteiger partial charge in [-0.1, -0.05) is 0 Å². The Hall–Kier alpha value is 1.66. The average Bonchev–Trinajstić information content (AvgIpc) is 1.77. The molecule has 0 aromatic heterocycles. The average molecular weight is 390 g/mol. The minimum atomic E-state index is -0.820. The predicted octanol–water partition coefficient (Wildman–Crippen LogP) is 3.93. The van der Waals surface area contributed by atoms with Crippen LogP contribution < -0.4 is 0 Å². The third-order valence-electron chi connectivity index (χ3n) is 4.12. The van der Waals surface area contributed by atoms with E-state index in [1.54, 1.807) is 0 Å². The zero-order valence-corrected chi connectivity index (χ0v) is 18.7. The van der Waals surface area contributed by atoms with E-state index in [4.69, 9.17) is 0 Å². The molecule has 0 spiro atoms. The van der Waals surface area contributed by atoms with Gasteiger partial charge in [0.2, 0.25) is 0 Å². The van der Waals surface area contributed by atoms with E-state index in [0.29, 0.717) is 19.3 Å². The summed E-state index contributed by atoms with van der Waals surface area (Å²) in [6.07, 6.45) is 0. The van der Waals surface area contributed by atoms with Crippen LogP contribution in [0.4, 0.5) is 0 Å². The zero-order valence-electron chi connectivity index (χ0n) is 12.4. The van der Waals surface area contributed by atoms with Crippen LogP contribution in [0.5, 0.6) is 0 Å². The van der Waals surface area contributed by atoms with Crippen LogP contribution in [0.3, 0.4) is 0 Å². The monoisotopic (exact) mass is 392 g/mol. The molecule has 0 saturated heterocycles. The van der Waals surface area contributed by atoms with E-state index in [-0.39, 0.29) is 0 Å². The summed E-state index contributed by atoms with van der Waals surface area (Å²) in [6, 6.07) is 0. The van der Waals surface area contributed by atoms with E-state index >= 15 is 0 Å². The first-order valence-corrected chi connectivity index (χ1v) is 27.7. The minimum absolute atomic E-state index is 0.350. The first-order chi connectivity index (χ1) is 6.21. The fraction of sp³-hybridized carbons (Fsp3) is 1.00. The van der Waals surface area contributed by atoms with Crippen molar-refractivity contribution >= 4 is 44.8 Å². The van der Waals surface area contributed by atoms with Gasteiger partial charge in [-0.3, -0.25) is 0 Å². The van der Waals surface area contributed by atoms with Gasteiger partial charge in [-0.05, 0) is 0 Å². The number of rotatable bonds is 4. The van der Waals surface area contributed by atoms with Crippen molar-refractivity contribution in [3.05, 3.63) is 0 Å². The molecule has 0 rings (SSSR count). The van der Waals surface area contributed by atoms with Crippen molar-refractivity contribution in [1.29, 1.82) is 0 Å². The molecule has 0 saturated carbocycles. The molecule has 92 valence electrons. The standard InChI is InChI=1S/C10H30Si4Te/c1-11(2,3)13(7,8)15-14(9,10)12(4,5)6/h1-10H3. The first-order valence-electron chi connectivity index (χ1n) is 5.91. The molecule has 15 heavy (non-hydrogen) atoms. The Morgan fingerprint density at radius 1 is 0.467 bits per heavy atom. The Morgan fingerprint density at radius 3 is 0.800 bits per heavy atom. The van der Waals surface area contributed by atoms with Crippen LogP contribution in [-0.4, -0.2) is 44.8 Å². The van der Waals surface area contributed by atoms with E-state index in [1.165, 1.54) is 0 Å². The fourth-order valence-electron chi connectivity index (χ4n) is 0.944. The van der Waals surface area contributed by atoms with Crippen LogP contribution in [0.25, 0.3) is 0 Å². The Bertz CT molecular complexity index is 199. The van der Waals surface area contributed by atoms with Crippen molar-refractivity contribution in [3.8, 4) is 0 Å². The molecule has 0 fully saturated rings. The van der Waals surface area contributed by atoms with Crippen molar-refractivity contribution < 1.29 is 0 Å². The molecule has 0 radical (unpaired) electrons. The van der Waals surface area contributed by atoms with Gasteiger partial charge in [-0.15, -0.1) is 0 Å². The molecule has 0 aliphatic heterocycles.